The molecule has 2 nitrogen and oxygen atoms in total. The van der Waals surface area contributed by atoms with Crippen LogP contribution in [0.5, 0.6) is 5.75 Å². The number of rotatable bonds is 4. The van der Waals surface area contributed by atoms with Crippen LogP contribution in [-0.2, 0) is 11.4 Å². The smallest absolute Gasteiger partial charge is 0.156 e. The maximum absolute atomic E-state index is 11.7. The monoisotopic (exact) mass is 292 g/mol. The molecule has 1 unspecified atom stereocenters. The Morgan fingerprint density at radius 2 is 1.91 bits per heavy atom. The van der Waals surface area contributed by atoms with E-state index in [0.717, 1.165) is 28.9 Å². The fraction of sp³-hybridized carbons (Fsp3) is 0.250. The van der Waals surface area contributed by atoms with E-state index in [1.54, 1.807) is 6.08 Å². The molecule has 0 bridgehead atoms. The van der Waals surface area contributed by atoms with Gasteiger partial charge in [-0.2, -0.15) is 0 Å². The zero-order valence-corrected chi connectivity index (χ0v) is 12.8. The molecule has 3 rings (SSSR count). The highest BCUT2D eigenvalue weighted by Crippen LogP contribution is 2.32. The molecule has 0 saturated carbocycles. The van der Waals surface area contributed by atoms with Crippen LogP contribution < -0.4 is 4.74 Å². The molecule has 0 saturated heterocycles. The van der Waals surface area contributed by atoms with Crippen molar-refractivity contribution in [3.05, 3.63) is 71.8 Å². The lowest BCUT2D eigenvalue weighted by atomic mass is 9.84. The third-order valence-corrected chi connectivity index (χ3v) is 4.09. The average Bonchev–Trinajstić information content (AvgIpc) is 2.56. The summed E-state index contributed by atoms with van der Waals surface area (Å²) in [5.41, 5.74) is 3.36. The van der Waals surface area contributed by atoms with Gasteiger partial charge in [0.05, 0.1) is 0 Å². The summed E-state index contributed by atoms with van der Waals surface area (Å²) in [6, 6.07) is 18.1. The fourth-order valence-electron chi connectivity index (χ4n) is 2.78. The molecule has 0 N–H and O–H groups in total. The largest absolute Gasteiger partial charge is 0.489 e. The van der Waals surface area contributed by atoms with E-state index in [-0.39, 0.29) is 5.78 Å². The fourth-order valence-corrected chi connectivity index (χ4v) is 2.78. The van der Waals surface area contributed by atoms with Crippen molar-refractivity contribution in [3.8, 4) is 5.75 Å². The van der Waals surface area contributed by atoms with E-state index in [9.17, 15) is 4.79 Å². The SMILES string of the molecule is CC1CCC(=O)C=C1c1cccc(OCc2ccccc2)c1. The molecule has 22 heavy (non-hydrogen) atoms. The van der Waals surface area contributed by atoms with Crippen molar-refractivity contribution in [2.45, 2.75) is 26.4 Å². The van der Waals surface area contributed by atoms with Gasteiger partial charge in [0.25, 0.3) is 0 Å². The van der Waals surface area contributed by atoms with Crippen LogP contribution in [0.4, 0.5) is 0 Å². The van der Waals surface area contributed by atoms with Crippen molar-refractivity contribution in [3.63, 3.8) is 0 Å². The first-order valence-corrected chi connectivity index (χ1v) is 7.74. The van der Waals surface area contributed by atoms with Crippen LogP contribution >= 0.6 is 0 Å². The summed E-state index contributed by atoms with van der Waals surface area (Å²) in [7, 11) is 0. The summed E-state index contributed by atoms with van der Waals surface area (Å²) in [5, 5.41) is 0. The summed E-state index contributed by atoms with van der Waals surface area (Å²) >= 11 is 0. The Hall–Kier alpha value is -2.35. The van der Waals surface area contributed by atoms with Crippen LogP contribution in [-0.4, -0.2) is 5.78 Å². The number of benzene rings is 2. The van der Waals surface area contributed by atoms with Crippen LogP contribution in [0.3, 0.4) is 0 Å². The minimum absolute atomic E-state index is 0.226. The van der Waals surface area contributed by atoms with E-state index < -0.39 is 0 Å². The zero-order chi connectivity index (χ0) is 15.4. The lowest BCUT2D eigenvalue weighted by Crippen LogP contribution is -2.10. The van der Waals surface area contributed by atoms with Crippen molar-refractivity contribution in [1.82, 2.24) is 0 Å². The zero-order valence-electron chi connectivity index (χ0n) is 12.8. The Morgan fingerprint density at radius 3 is 2.73 bits per heavy atom. The maximum Gasteiger partial charge on any atom is 0.156 e. The molecule has 0 spiro atoms. The molecule has 2 aromatic carbocycles. The highest BCUT2D eigenvalue weighted by molar-refractivity contribution is 5.98. The number of ether oxygens (including phenoxy) is 1. The molecule has 0 aromatic heterocycles. The number of hydrogen-bond acceptors (Lipinski definition) is 2. The van der Waals surface area contributed by atoms with Crippen molar-refractivity contribution in [2.24, 2.45) is 5.92 Å². The summed E-state index contributed by atoms with van der Waals surface area (Å²) in [6.45, 7) is 2.73. The van der Waals surface area contributed by atoms with E-state index in [4.69, 9.17) is 4.74 Å². The molecule has 2 heteroatoms. The van der Waals surface area contributed by atoms with Gasteiger partial charge in [-0.05, 0) is 47.2 Å². The molecule has 0 radical (unpaired) electrons. The molecular weight excluding hydrogens is 272 g/mol. The van der Waals surface area contributed by atoms with Crippen LogP contribution in [0, 0.1) is 5.92 Å². The van der Waals surface area contributed by atoms with Crippen LogP contribution in [0.2, 0.25) is 0 Å². The lowest BCUT2D eigenvalue weighted by Gasteiger charge is -2.20. The van der Waals surface area contributed by atoms with Gasteiger partial charge in [0.2, 0.25) is 0 Å². The van der Waals surface area contributed by atoms with Gasteiger partial charge < -0.3 is 4.74 Å². The summed E-state index contributed by atoms with van der Waals surface area (Å²) in [5.74, 6) is 1.48. The molecule has 1 atom stereocenters. The van der Waals surface area contributed by atoms with E-state index in [1.807, 2.05) is 48.5 Å². The van der Waals surface area contributed by atoms with Gasteiger partial charge in [0.15, 0.2) is 5.78 Å². The Morgan fingerprint density at radius 1 is 1.09 bits per heavy atom. The van der Waals surface area contributed by atoms with Gasteiger partial charge in [0.1, 0.15) is 12.4 Å². The molecule has 112 valence electrons. The Bertz CT molecular complexity index is 686. The van der Waals surface area contributed by atoms with Gasteiger partial charge in [-0.15, -0.1) is 0 Å². The van der Waals surface area contributed by atoms with Gasteiger partial charge in [0, 0.05) is 6.42 Å². The van der Waals surface area contributed by atoms with Gasteiger partial charge in [-0.25, -0.2) is 0 Å². The Labute approximate surface area is 131 Å². The second kappa shape index (κ2) is 6.61. The Kier molecular flexibility index (Phi) is 4.38. The van der Waals surface area contributed by atoms with E-state index in [1.165, 1.54) is 0 Å². The van der Waals surface area contributed by atoms with Crippen LogP contribution in [0.1, 0.15) is 30.9 Å². The van der Waals surface area contributed by atoms with Crippen molar-refractivity contribution < 1.29 is 9.53 Å². The molecule has 0 heterocycles. The third kappa shape index (κ3) is 3.45. The highest BCUT2D eigenvalue weighted by Gasteiger charge is 2.19. The second-order valence-corrected chi connectivity index (χ2v) is 5.81. The number of carbonyl (C=O) groups excluding carboxylic acids is 1. The number of carbonyl (C=O) groups is 1. The summed E-state index contributed by atoms with van der Waals surface area (Å²) in [4.78, 5) is 11.7. The van der Waals surface area contributed by atoms with Crippen LogP contribution in [0.25, 0.3) is 5.57 Å². The van der Waals surface area contributed by atoms with Gasteiger partial charge >= 0.3 is 0 Å². The second-order valence-electron chi connectivity index (χ2n) is 5.81. The lowest BCUT2D eigenvalue weighted by molar-refractivity contribution is -0.115. The predicted molar refractivity (Wildman–Crippen MR) is 88.6 cm³/mol. The maximum atomic E-state index is 11.7. The molecule has 0 amide bonds. The Balaban J connectivity index is 1.76. The van der Waals surface area contributed by atoms with E-state index in [2.05, 4.69) is 13.0 Å². The van der Waals surface area contributed by atoms with Crippen LogP contribution in [0.15, 0.2) is 60.7 Å². The highest BCUT2D eigenvalue weighted by atomic mass is 16.5. The van der Waals surface area contributed by atoms with Gasteiger partial charge in [-0.3, -0.25) is 4.79 Å². The third-order valence-electron chi connectivity index (χ3n) is 4.09. The first-order chi connectivity index (χ1) is 10.7. The summed E-state index contributed by atoms with van der Waals surface area (Å²) < 4.78 is 5.87. The standard InChI is InChI=1S/C20H20O2/c1-15-10-11-18(21)13-20(15)17-8-5-9-19(12-17)22-14-16-6-3-2-4-7-16/h2-9,12-13,15H,10-11,14H2,1H3. The topological polar surface area (TPSA) is 26.3 Å². The number of hydrogen-bond donors (Lipinski definition) is 0. The van der Waals surface area contributed by atoms with E-state index >= 15 is 0 Å². The predicted octanol–water partition coefficient (Wildman–Crippen LogP) is 4.65. The molecule has 1 aliphatic carbocycles. The molecular formula is C20H20O2. The first-order valence-electron chi connectivity index (χ1n) is 7.74. The molecule has 0 aliphatic heterocycles. The van der Waals surface area contributed by atoms with Crippen molar-refractivity contribution in [1.29, 1.82) is 0 Å². The minimum Gasteiger partial charge on any atom is -0.489 e. The van der Waals surface area contributed by atoms with E-state index in [0.29, 0.717) is 18.9 Å². The first kappa shape index (κ1) is 14.6. The summed E-state index contributed by atoms with van der Waals surface area (Å²) in [6.07, 6.45) is 3.39. The molecule has 2 aromatic rings. The van der Waals surface area contributed by atoms with Crippen molar-refractivity contribution >= 4 is 11.4 Å². The van der Waals surface area contributed by atoms with Gasteiger partial charge in [-0.1, -0.05) is 49.4 Å². The number of ketones is 1. The average molecular weight is 292 g/mol. The molecule has 1 aliphatic rings. The minimum atomic E-state index is 0.226. The molecule has 0 fully saturated rings. The quantitative estimate of drug-likeness (QED) is 0.820. The van der Waals surface area contributed by atoms with Crippen molar-refractivity contribution in [2.75, 3.05) is 0 Å². The normalized spacial score (nSPS) is 18.0. The number of allylic oxidation sites excluding steroid dienone is 2.